The van der Waals surface area contributed by atoms with E-state index in [1.54, 1.807) is 25.0 Å². The third-order valence-electron chi connectivity index (χ3n) is 4.30. The third kappa shape index (κ3) is 4.01. The molecule has 2 heterocycles. The van der Waals surface area contributed by atoms with E-state index in [-0.39, 0.29) is 5.69 Å². The fourth-order valence-electron chi connectivity index (χ4n) is 2.97. The average molecular weight is 372 g/mol. The lowest BCUT2D eigenvalue weighted by Crippen LogP contribution is -2.07. The number of rotatable bonds is 9. The molecule has 2 aromatic heterocycles. The highest BCUT2D eigenvalue weighted by Gasteiger charge is 2.19. The summed E-state index contributed by atoms with van der Waals surface area (Å²) in [5, 5.41) is 2.04. The fourth-order valence-corrected chi connectivity index (χ4v) is 3.99. The minimum Gasteiger partial charge on any atom is -0.461 e. The molecule has 0 aliphatic carbocycles. The Morgan fingerprint density at radius 3 is 2.77 bits per heavy atom. The van der Waals surface area contributed by atoms with Crippen molar-refractivity contribution < 1.29 is 9.53 Å². The first-order chi connectivity index (χ1) is 12.8. The largest absolute Gasteiger partial charge is 0.461 e. The van der Waals surface area contributed by atoms with Crippen LogP contribution in [0.25, 0.3) is 16.6 Å². The summed E-state index contributed by atoms with van der Waals surface area (Å²) < 4.78 is 6.99. The number of hydrogen-bond acceptors (Lipinski definition) is 5. The molecular formula is C20H25N3O2S. The Balaban J connectivity index is 1.90. The van der Waals surface area contributed by atoms with Gasteiger partial charge in [-0.2, -0.15) is 0 Å². The number of fused-ring (bicyclic) bond motifs is 3. The lowest BCUT2D eigenvalue weighted by Gasteiger charge is -2.09. The van der Waals surface area contributed by atoms with Crippen LogP contribution in [-0.4, -0.2) is 32.7 Å². The molecular weight excluding hydrogens is 346 g/mol. The maximum Gasteiger partial charge on any atom is 0.360 e. The molecule has 138 valence electrons. The number of hydrogen-bond donors (Lipinski definition) is 0. The summed E-state index contributed by atoms with van der Waals surface area (Å²) in [5.41, 5.74) is 1.85. The number of imidazole rings is 1. The first-order valence-electron chi connectivity index (χ1n) is 9.32. The van der Waals surface area contributed by atoms with E-state index >= 15 is 0 Å². The number of nitrogens with zero attached hydrogens (tertiary/aromatic N) is 3. The zero-order valence-electron chi connectivity index (χ0n) is 15.4. The molecule has 0 bridgehead atoms. The Kier molecular flexibility index (Phi) is 6.50. The first kappa shape index (κ1) is 18.7. The maximum atomic E-state index is 12.2. The minimum atomic E-state index is -0.423. The van der Waals surface area contributed by atoms with Crippen LogP contribution in [0.5, 0.6) is 0 Å². The van der Waals surface area contributed by atoms with Gasteiger partial charge in [0.05, 0.1) is 12.1 Å². The van der Waals surface area contributed by atoms with Gasteiger partial charge in [0, 0.05) is 5.39 Å². The molecule has 0 N–H and O–H groups in total. The molecule has 0 aliphatic heterocycles. The van der Waals surface area contributed by atoms with Crippen LogP contribution in [0.1, 0.15) is 56.4 Å². The van der Waals surface area contributed by atoms with E-state index in [0.717, 1.165) is 21.7 Å². The van der Waals surface area contributed by atoms with Gasteiger partial charge >= 0.3 is 5.97 Å². The Bertz CT molecular complexity index is 891. The van der Waals surface area contributed by atoms with Crippen molar-refractivity contribution in [2.75, 3.05) is 12.4 Å². The van der Waals surface area contributed by atoms with Crippen molar-refractivity contribution in [3.63, 3.8) is 0 Å². The summed E-state index contributed by atoms with van der Waals surface area (Å²) in [6.45, 7) is 4.34. The molecule has 0 spiro atoms. The van der Waals surface area contributed by atoms with Gasteiger partial charge in [-0.1, -0.05) is 50.8 Å². The number of para-hydroxylation sites is 1. The number of benzene rings is 1. The van der Waals surface area contributed by atoms with E-state index in [9.17, 15) is 4.79 Å². The highest BCUT2D eigenvalue weighted by Crippen LogP contribution is 2.29. The number of thioether (sulfide) groups is 1. The van der Waals surface area contributed by atoms with Gasteiger partial charge in [0.25, 0.3) is 0 Å². The van der Waals surface area contributed by atoms with Gasteiger partial charge in [0.2, 0.25) is 0 Å². The van der Waals surface area contributed by atoms with Gasteiger partial charge in [-0.15, -0.1) is 11.8 Å². The lowest BCUT2D eigenvalue weighted by atomic mass is 10.2. The van der Waals surface area contributed by atoms with E-state index < -0.39 is 5.97 Å². The smallest absolute Gasteiger partial charge is 0.360 e. The Labute approximate surface area is 158 Å². The molecule has 26 heavy (non-hydrogen) atoms. The number of carbonyl (C=O) groups is 1. The molecule has 0 radical (unpaired) electrons. The molecule has 6 heteroatoms. The van der Waals surface area contributed by atoms with Crippen molar-refractivity contribution in [2.24, 2.45) is 0 Å². The highest BCUT2D eigenvalue weighted by atomic mass is 32.2. The van der Waals surface area contributed by atoms with Crippen molar-refractivity contribution in [3.05, 3.63) is 36.3 Å². The summed E-state index contributed by atoms with van der Waals surface area (Å²) in [6.07, 6.45) is 7.93. The van der Waals surface area contributed by atoms with Gasteiger partial charge in [-0.05, 0) is 25.2 Å². The number of ether oxygens (including phenoxy) is 1. The standard InChI is InChI=1S/C20H25N3O2S/c1-3-5-6-7-10-13-26-19-15-11-8-9-12-16(15)23-14-21-17(18(23)22-19)20(24)25-4-2/h8-9,11-12,14H,3-7,10,13H2,1-2H3. The molecule has 0 aliphatic rings. The van der Waals surface area contributed by atoms with E-state index in [0.29, 0.717) is 12.3 Å². The zero-order valence-corrected chi connectivity index (χ0v) is 16.2. The first-order valence-corrected chi connectivity index (χ1v) is 10.3. The van der Waals surface area contributed by atoms with Gasteiger partial charge < -0.3 is 4.74 Å². The van der Waals surface area contributed by atoms with E-state index in [1.165, 1.54) is 32.1 Å². The van der Waals surface area contributed by atoms with Crippen LogP contribution in [0.3, 0.4) is 0 Å². The maximum absolute atomic E-state index is 12.2. The normalized spacial score (nSPS) is 11.3. The van der Waals surface area contributed by atoms with Gasteiger partial charge in [-0.25, -0.2) is 14.8 Å². The molecule has 1 aromatic carbocycles. The van der Waals surface area contributed by atoms with Crippen molar-refractivity contribution in [1.82, 2.24) is 14.4 Å². The predicted molar refractivity (Wildman–Crippen MR) is 106 cm³/mol. The Hall–Kier alpha value is -2.08. The number of unbranched alkanes of at least 4 members (excludes halogenated alkanes) is 4. The van der Waals surface area contributed by atoms with Crippen molar-refractivity contribution >= 4 is 34.3 Å². The third-order valence-corrected chi connectivity index (χ3v) is 5.38. The molecule has 3 aromatic rings. The molecule has 0 atom stereocenters. The fraction of sp³-hybridized carbons (Fsp3) is 0.450. The average Bonchev–Trinajstić information content (AvgIpc) is 3.09. The molecule has 3 rings (SSSR count). The molecule has 0 saturated heterocycles. The number of aromatic nitrogens is 3. The minimum absolute atomic E-state index is 0.280. The summed E-state index contributed by atoms with van der Waals surface area (Å²) in [5.74, 6) is 0.605. The van der Waals surface area contributed by atoms with Crippen LogP contribution in [0.15, 0.2) is 35.6 Å². The summed E-state index contributed by atoms with van der Waals surface area (Å²) >= 11 is 1.76. The van der Waals surface area contributed by atoms with Gasteiger partial charge in [0.15, 0.2) is 11.3 Å². The monoisotopic (exact) mass is 371 g/mol. The number of esters is 1. The molecule has 0 amide bonds. The van der Waals surface area contributed by atoms with E-state index in [1.807, 2.05) is 22.6 Å². The van der Waals surface area contributed by atoms with Crippen LogP contribution in [0, 0.1) is 0 Å². The van der Waals surface area contributed by atoms with Crippen LogP contribution in [0.2, 0.25) is 0 Å². The van der Waals surface area contributed by atoms with Crippen molar-refractivity contribution in [1.29, 1.82) is 0 Å². The summed E-state index contributed by atoms with van der Waals surface area (Å²) in [4.78, 5) is 21.2. The van der Waals surface area contributed by atoms with Crippen LogP contribution in [0.4, 0.5) is 0 Å². The van der Waals surface area contributed by atoms with Gasteiger partial charge in [0.1, 0.15) is 11.4 Å². The topological polar surface area (TPSA) is 56.5 Å². The summed E-state index contributed by atoms with van der Waals surface area (Å²) in [7, 11) is 0. The lowest BCUT2D eigenvalue weighted by molar-refractivity contribution is 0.0522. The summed E-state index contributed by atoms with van der Waals surface area (Å²) in [6, 6.07) is 8.12. The van der Waals surface area contributed by atoms with Crippen LogP contribution in [-0.2, 0) is 4.74 Å². The predicted octanol–water partition coefficient (Wildman–Crippen LogP) is 5.12. The molecule has 0 fully saturated rings. The van der Waals surface area contributed by atoms with Crippen LogP contribution < -0.4 is 0 Å². The Morgan fingerprint density at radius 2 is 1.96 bits per heavy atom. The molecule has 0 saturated carbocycles. The van der Waals surface area contributed by atoms with Crippen molar-refractivity contribution in [2.45, 2.75) is 51.0 Å². The second kappa shape index (κ2) is 9.03. The molecule has 5 nitrogen and oxygen atoms in total. The van der Waals surface area contributed by atoms with Crippen LogP contribution >= 0.6 is 11.8 Å². The second-order valence-corrected chi connectivity index (χ2v) is 7.29. The Morgan fingerprint density at radius 1 is 1.15 bits per heavy atom. The zero-order chi connectivity index (χ0) is 18.4. The van der Waals surface area contributed by atoms with E-state index in [4.69, 9.17) is 9.72 Å². The molecule has 0 unspecified atom stereocenters. The second-order valence-electron chi connectivity index (χ2n) is 6.20. The quantitative estimate of drug-likeness (QED) is 0.226. The van der Waals surface area contributed by atoms with Gasteiger partial charge in [-0.3, -0.25) is 4.40 Å². The van der Waals surface area contributed by atoms with Crippen molar-refractivity contribution in [3.8, 4) is 0 Å². The van der Waals surface area contributed by atoms with E-state index in [2.05, 4.69) is 18.0 Å². The SMILES string of the molecule is CCCCCCCSc1nc2c(C(=O)OCC)ncn2c2ccccc12. The number of carbonyl (C=O) groups excluding carboxylic acids is 1. The highest BCUT2D eigenvalue weighted by molar-refractivity contribution is 7.99.